The van der Waals surface area contributed by atoms with Crippen molar-refractivity contribution in [3.63, 3.8) is 0 Å². The molecule has 0 bridgehead atoms. The number of hydrogen-bond donors (Lipinski definition) is 1. The highest BCUT2D eigenvalue weighted by Crippen LogP contribution is 2.32. The van der Waals surface area contributed by atoms with Gasteiger partial charge in [-0.3, -0.25) is 0 Å². The fourth-order valence-electron chi connectivity index (χ4n) is 0.947. The Balaban J connectivity index is 3.15. The first kappa shape index (κ1) is 12.9. The third-order valence-electron chi connectivity index (χ3n) is 1.46. The van der Waals surface area contributed by atoms with Crippen LogP contribution in [0.1, 0.15) is 10.4 Å². The molecule has 0 radical (unpaired) electrons. The predicted octanol–water partition coefficient (Wildman–Crippen LogP) is 3.59. The van der Waals surface area contributed by atoms with Crippen LogP contribution in [0.25, 0.3) is 0 Å². The molecular formula is C8H3Cl2F3O3. The second kappa shape index (κ2) is 4.39. The van der Waals surface area contributed by atoms with E-state index in [-0.39, 0.29) is 0 Å². The van der Waals surface area contributed by atoms with Crippen LogP contribution in [-0.2, 0) is 0 Å². The Kier molecular flexibility index (Phi) is 3.54. The van der Waals surface area contributed by atoms with Crippen LogP contribution in [0.15, 0.2) is 12.1 Å². The highest BCUT2D eigenvalue weighted by atomic mass is 35.5. The van der Waals surface area contributed by atoms with Gasteiger partial charge in [0.2, 0.25) is 0 Å². The maximum Gasteiger partial charge on any atom is 0.573 e. The molecule has 0 amide bonds. The zero-order valence-electron chi connectivity index (χ0n) is 7.31. The van der Waals surface area contributed by atoms with Gasteiger partial charge in [-0.1, -0.05) is 23.2 Å². The molecule has 16 heavy (non-hydrogen) atoms. The molecular weight excluding hydrogens is 272 g/mol. The number of halogens is 5. The number of carboxylic acids is 1. The van der Waals surface area contributed by atoms with E-state index in [4.69, 9.17) is 28.3 Å². The lowest BCUT2D eigenvalue weighted by Crippen LogP contribution is -2.17. The Labute approximate surface area is 97.3 Å². The summed E-state index contributed by atoms with van der Waals surface area (Å²) >= 11 is 10.9. The fourth-order valence-corrected chi connectivity index (χ4v) is 1.58. The van der Waals surface area contributed by atoms with Gasteiger partial charge in [0.05, 0.1) is 15.6 Å². The van der Waals surface area contributed by atoms with Gasteiger partial charge in [-0.25, -0.2) is 4.79 Å². The molecule has 0 aliphatic rings. The van der Waals surface area contributed by atoms with Crippen LogP contribution in [0.5, 0.6) is 5.75 Å². The normalized spacial score (nSPS) is 11.3. The first-order chi connectivity index (χ1) is 7.20. The number of hydrogen-bond acceptors (Lipinski definition) is 2. The van der Waals surface area contributed by atoms with Crippen molar-refractivity contribution >= 4 is 29.2 Å². The number of alkyl halides is 3. The summed E-state index contributed by atoms with van der Waals surface area (Å²) in [6, 6.07) is 1.45. The van der Waals surface area contributed by atoms with Gasteiger partial charge in [-0.2, -0.15) is 0 Å². The monoisotopic (exact) mass is 274 g/mol. The summed E-state index contributed by atoms with van der Waals surface area (Å²) in [6.07, 6.45) is -4.89. The summed E-state index contributed by atoms with van der Waals surface area (Å²) in [7, 11) is 0. The molecule has 3 nitrogen and oxygen atoms in total. The second-order valence-electron chi connectivity index (χ2n) is 2.61. The Morgan fingerprint density at radius 2 is 1.69 bits per heavy atom. The summed E-state index contributed by atoms with van der Waals surface area (Å²) in [5, 5.41) is 7.78. The maximum absolute atomic E-state index is 11.8. The van der Waals surface area contributed by atoms with Gasteiger partial charge in [0.1, 0.15) is 5.75 Å². The van der Waals surface area contributed by atoms with Gasteiger partial charge in [0.25, 0.3) is 0 Å². The van der Waals surface area contributed by atoms with Crippen molar-refractivity contribution in [2.45, 2.75) is 6.36 Å². The molecule has 1 aromatic rings. The first-order valence-electron chi connectivity index (χ1n) is 3.69. The van der Waals surface area contributed by atoms with E-state index in [1.165, 1.54) is 0 Å². The minimum Gasteiger partial charge on any atom is -0.478 e. The molecule has 0 unspecified atom stereocenters. The zero-order chi connectivity index (χ0) is 12.5. The van der Waals surface area contributed by atoms with Crippen molar-refractivity contribution in [2.75, 3.05) is 0 Å². The highest BCUT2D eigenvalue weighted by molar-refractivity contribution is 6.39. The second-order valence-corrected chi connectivity index (χ2v) is 3.43. The van der Waals surface area contributed by atoms with Crippen LogP contribution < -0.4 is 4.74 Å². The molecule has 0 aromatic heterocycles. The van der Waals surface area contributed by atoms with Gasteiger partial charge < -0.3 is 9.84 Å². The molecule has 0 fully saturated rings. The number of carboxylic acid groups (broad SMARTS) is 1. The molecule has 88 valence electrons. The van der Waals surface area contributed by atoms with Crippen molar-refractivity contribution in [3.8, 4) is 5.75 Å². The maximum atomic E-state index is 11.8. The van der Waals surface area contributed by atoms with E-state index in [0.717, 1.165) is 12.1 Å². The van der Waals surface area contributed by atoms with Crippen molar-refractivity contribution in [1.29, 1.82) is 0 Å². The number of rotatable bonds is 2. The molecule has 0 atom stereocenters. The average molecular weight is 275 g/mol. The number of benzene rings is 1. The van der Waals surface area contributed by atoms with Crippen LogP contribution in [0.4, 0.5) is 13.2 Å². The quantitative estimate of drug-likeness (QED) is 0.897. The van der Waals surface area contributed by atoms with E-state index in [1.54, 1.807) is 0 Å². The van der Waals surface area contributed by atoms with Crippen LogP contribution in [0, 0.1) is 0 Å². The molecule has 0 aliphatic carbocycles. The van der Waals surface area contributed by atoms with Crippen LogP contribution in [-0.4, -0.2) is 17.4 Å². The Hall–Kier alpha value is -1.14. The topological polar surface area (TPSA) is 46.5 Å². The number of carbonyl (C=O) groups is 1. The van der Waals surface area contributed by atoms with Gasteiger partial charge in [0.15, 0.2) is 0 Å². The Morgan fingerprint density at radius 3 is 2.00 bits per heavy atom. The van der Waals surface area contributed by atoms with Crippen molar-refractivity contribution in [3.05, 3.63) is 27.7 Å². The summed E-state index contributed by atoms with van der Waals surface area (Å²) in [4.78, 5) is 10.6. The standard InChI is InChI=1S/C8H3Cl2F3O3/c9-4-1-3(16-8(11,12)13)2-5(10)6(4)7(14)15/h1-2H,(H,14,15). The summed E-state index contributed by atoms with van der Waals surface area (Å²) in [5.74, 6) is -2.11. The molecule has 0 spiro atoms. The lowest BCUT2D eigenvalue weighted by molar-refractivity contribution is -0.274. The molecule has 0 heterocycles. The van der Waals surface area contributed by atoms with Gasteiger partial charge in [-0.15, -0.1) is 13.2 Å². The van der Waals surface area contributed by atoms with E-state index in [9.17, 15) is 18.0 Å². The number of ether oxygens (including phenoxy) is 1. The minimum atomic E-state index is -4.89. The van der Waals surface area contributed by atoms with Crippen LogP contribution >= 0.6 is 23.2 Å². The van der Waals surface area contributed by atoms with Crippen molar-refractivity contribution in [1.82, 2.24) is 0 Å². The first-order valence-corrected chi connectivity index (χ1v) is 4.44. The third kappa shape index (κ3) is 3.18. The molecule has 1 aromatic carbocycles. The van der Waals surface area contributed by atoms with Gasteiger partial charge in [-0.05, 0) is 0 Å². The fraction of sp³-hybridized carbons (Fsp3) is 0.125. The van der Waals surface area contributed by atoms with E-state index in [1.807, 2.05) is 0 Å². The van der Waals surface area contributed by atoms with E-state index < -0.39 is 33.7 Å². The lowest BCUT2D eigenvalue weighted by atomic mass is 10.2. The molecule has 1 N–H and O–H groups in total. The predicted molar refractivity (Wildman–Crippen MR) is 50.1 cm³/mol. The molecule has 0 saturated heterocycles. The van der Waals surface area contributed by atoms with Crippen LogP contribution in [0.2, 0.25) is 10.0 Å². The van der Waals surface area contributed by atoms with E-state index >= 15 is 0 Å². The average Bonchev–Trinajstić information content (AvgIpc) is 1.96. The summed E-state index contributed by atoms with van der Waals surface area (Å²) in [6.45, 7) is 0. The number of aromatic carboxylic acids is 1. The van der Waals surface area contributed by atoms with Gasteiger partial charge in [0, 0.05) is 12.1 Å². The van der Waals surface area contributed by atoms with Crippen molar-refractivity contribution < 1.29 is 27.8 Å². The van der Waals surface area contributed by atoms with Gasteiger partial charge >= 0.3 is 12.3 Å². The third-order valence-corrected chi connectivity index (χ3v) is 2.06. The van der Waals surface area contributed by atoms with E-state index in [2.05, 4.69) is 4.74 Å². The zero-order valence-corrected chi connectivity index (χ0v) is 8.82. The minimum absolute atomic E-state index is 0.431. The lowest BCUT2D eigenvalue weighted by Gasteiger charge is -2.10. The molecule has 8 heteroatoms. The van der Waals surface area contributed by atoms with Crippen LogP contribution in [0.3, 0.4) is 0 Å². The molecule has 0 aliphatic heterocycles. The SMILES string of the molecule is O=C(O)c1c(Cl)cc(OC(F)(F)F)cc1Cl. The highest BCUT2D eigenvalue weighted by Gasteiger charge is 2.31. The van der Waals surface area contributed by atoms with Crippen molar-refractivity contribution in [2.24, 2.45) is 0 Å². The smallest absolute Gasteiger partial charge is 0.478 e. The molecule has 0 saturated carbocycles. The molecule has 1 rings (SSSR count). The summed E-state index contributed by atoms with van der Waals surface area (Å²) in [5.41, 5.74) is -0.474. The summed E-state index contributed by atoms with van der Waals surface area (Å²) < 4.78 is 39.1. The largest absolute Gasteiger partial charge is 0.573 e. The van der Waals surface area contributed by atoms with E-state index in [0.29, 0.717) is 0 Å². The Bertz CT molecular complexity index is 408. The Morgan fingerprint density at radius 1 is 1.25 bits per heavy atom.